The molecule has 0 unspecified atom stereocenters. The molecule has 0 atom stereocenters. The third-order valence-electron chi connectivity index (χ3n) is 3.17. The number of rotatable bonds is 7. The summed E-state index contributed by atoms with van der Waals surface area (Å²) in [6, 6.07) is 3.51. The molecule has 0 radical (unpaired) electrons. The van der Waals surface area contributed by atoms with Crippen molar-refractivity contribution >= 4 is 26.0 Å². The van der Waals surface area contributed by atoms with Gasteiger partial charge in [-0.15, -0.1) is 0 Å². The van der Waals surface area contributed by atoms with E-state index in [0.717, 1.165) is 6.07 Å². The van der Waals surface area contributed by atoms with E-state index in [1.54, 1.807) is 0 Å². The topological polar surface area (TPSA) is 57.6 Å². The van der Waals surface area contributed by atoms with Crippen molar-refractivity contribution in [2.45, 2.75) is 37.6 Å². The molecule has 0 spiro atoms. The van der Waals surface area contributed by atoms with Gasteiger partial charge in [0.25, 0.3) is 0 Å². The first-order chi connectivity index (χ1) is 9.38. The second kappa shape index (κ2) is 7.49. The average molecular weight is 368 g/mol. The van der Waals surface area contributed by atoms with Crippen LogP contribution < -0.4 is 0 Å². The summed E-state index contributed by atoms with van der Waals surface area (Å²) in [5.41, 5.74) is 0. The van der Waals surface area contributed by atoms with Gasteiger partial charge >= 0.3 is 0 Å². The van der Waals surface area contributed by atoms with Crippen LogP contribution in [-0.2, 0) is 10.0 Å². The number of nitrogens with zero attached hydrogens (tertiary/aromatic N) is 1. The van der Waals surface area contributed by atoms with Gasteiger partial charge in [-0.3, -0.25) is 0 Å². The van der Waals surface area contributed by atoms with Gasteiger partial charge in [0, 0.05) is 12.6 Å². The van der Waals surface area contributed by atoms with E-state index in [0.29, 0.717) is 12.8 Å². The lowest BCUT2D eigenvalue weighted by Gasteiger charge is -2.29. The van der Waals surface area contributed by atoms with E-state index >= 15 is 0 Å². The minimum atomic E-state index is -3.81. The van der Waals surface area contributed by atoms with Gasteiger partial charge in [0.1, 0.15) is 5.82 Å². The fourth-order valence-electron chi connectivity index (χ4n) is 2.07. The summed E-state index contributed by atoms with van der Waals surface area (Å²) in [4.78, 5) is -0.0986. The van der Waals surface area contributed by atoms with Crippen LogP contribution in [0.1, 0.15) is 26.7 Å². The van der Waals surface area contributed by atoms with Gasteiger partial charge in [0.05, 0.1) is 16.0 Å². The number of benzene rings is 1. The van der Waals surface area contributed by atoms with Crippen molar-refractivity contribution in [3.8, 4) is 0 Å². The highest BCUT2D eigenvalue weighted by Gasteiger charge is 2.29. The van der Waals surface area contributed by atoms with Gasteiger partial charge in [0.15, 0.2) is 0 Å². The van der Waals surface area contributed by atoms with Gasteiger partial charge in [-0.2, -0.15) is 4.31 Å². The molecule has 0 bridgehead atoms. The van der Waals surface area contributed by atoms with Crippen molar-refractivity contribution in [2.24, 2.45) is 0 Å². The van der Waals surface area contributed by atoms with Crippen LogP contribution in [-0.4, -0.2) is 37.0 Å². The fraction of sp³-hybridized carbons (Fsp3) is 0.538. The molecule has 0 aliphatic carbocycles. The van der Waals surface area contributed by atoms with Crippen LogP contribution in [0.2, 0.25) is 0 Å². The number of hydrogen-bond donors (Lipinski definition) is 1. The van der Waals surface area contributed by atoms with Crippen LogP contribution in [0.25, 0.3) is 0 Å². The lowest BCUT2D eigenvalue weighted by atomic mass is 10.2. The van der Waals surface area contributed by atoms with Crippen LogP contribution in [0.3, 0.4) is 0 Å². The van der Waals surface area contributed by atoms with Gasteiger partial charge in [-0.25, -0.2) is 12.8 Å². The zero-order valence-corrected chi connectivity index (χ0v) is 13.9. The minimum Gasteiger partial charge on any atom is -0.395 e. The molecule has 0 aliphatic rings. The standard InChI is InChI=1S/C13H19BrFNO3S/c1-3-10(4-2)16(7-8-17)20(18,19)11-5-6-12(14)13(15)9-11/h5-6,9-10,17H,3-4,7-8H2,1-2H3. The Balaban J connectivity index is 3.24. The predicted molar refractivity (Wildman–Crippen MR) is 79.4 cm³/mol. The summed E-state index contributed by atoms with van der Waals surface area (Å²) in [6.07, 6.45) is 1.27. The fourth-order valence-corrected chi connectivity index (χ4v) is 4.09. The van der Waals surface area contributed by atoms with Crippen molar-refractivity contribution in [1.29, 1.82) is 0 Å². The lowest BCUT2D eigenvalue weighted by molar-refractivity contribution is 0.219. The molecule has 0 aromatic heterocycles. The van der Waals surface area contributed by atoms with Crippen LogP contribution in [0.5, 0.6) is 0 Å². The SMILES string of the molecule is CCC(CC)N(CCO)S(=O)(=O)c1ccc(Br)c(F)c1. The summed E-state index contributed by atoms with van der Waals surface area (Å²) in [6.45, 7) is 3.51. The molecule has 7 heteroatoms. The molecule has 4 nitrogen and oxygen atoms in total. The Morgan fingerprint density at radius 3 is 2.40 bits per heavy atom. The number of hydrogen-bond acceptors (Lipinski definition) is 3. The molecule has 0 amide bonds. The maximum Gasteiger partial charge on any atom is 0.243 e. The van der Waals surface area contributed by atoms with Gasteiger partial charge < -0.3 is 5.11 Å². The van der Waals surface area contributed by atoms with Crippen LogP contribution in [0, 0.1) is 5.82 Å². The molecule has 0 fully saturated rings. The van der Waals surface area contributed by atoms with Gasteiger partial charge in [-0.1, -0.05) is 13.8 Å². The second-order valence-corrected chi connectivity index (χ2v) is 7.13. The first-order valence-corrected chi connectivity index (χ1v) is 8.69. The van der Waals surface area contributed by atoms with Crippen molar-refractivity contribution in [1.82, 2.24) is 4.31 Å². The maximum atomic E-state index is 13.5. The molecule has 0 aliphatic heterocycles. The van der Waals surface area contributed by atoms with Crippen molar-refractivity contribution in [3.05, 3.63) is 28.5 Å². The molecule has 1 rings (SSSR count). The largest absolute Gasteiger partial charge is 0.395 e. The van der Waals surface area contributed by atoms with E-state index < -0.39 is 15.8 Å². The summed E-state index contributed by atoms with van der Waals surface area (Å²) in [7, 11) is -3.81. The van der Waals surface area contributed by atoms with Crippen molar-refractivity contribution < 1.29 is 17.9 Å². The van der Waals surface area contributed by atoms with E-state index in [9.17, 15) is 12.8 Å². The van der Waals surface area contributed by atoms with E-state index in [4.69, 9.17) is 5.11 Å². The molecule has 114 valence electrons. The molecule has 20 heavy (non-hydrogen) atoms. The van der Waals surface area contributed by atoms with Crippen LogP contribution >= 0.6 is 15.9 Å². The Hall–Kier alpha value is -0.500. The Morgan fingerprint density at radius 2 is 1.95 bits per heavy atom. The highest BCUT2D eigenvalue weighted by atomic mass is 79.9. The lowest BCUT2D eigenvalue weighted by Crippen LogP contribution is -2.41. The molecule has 0 saturated carbocycles. The maximum absolute atomic E-state index is 13.5. The number of halogens is 2. The monoisotopic (exact) mass is 367 g/mol. The molecule has 1 aromatic rings. The van der Waals surface area contributed by atoms with Crippen LogP contribution in [0.15, 0.2) is 27.6 Å². The van der Waals surface area contributed by atoms with Crippen molar-refractivity contribution in [3.63, 3.8) is 0 Å². The molecular formula is C13H19BrFNO3S. The number of aliphatic hydroxyl groups is 1. The Bertz CT molecular complexity index is 547. The summed E-state index contributed by atoms with van der Waals surface area (Å²) >= 11 is 3.00. The number of aliphatic hydroxyl groups excluding tert-OH is 1. The predicted octanol–water partition coefficient (Wildman–Crippen LogP) is 2.76. The Kier molecular flexibility index (Phi) is 6.57. The zero-order valence-electron chi connectivity index (χ0n) is 11.5. The highest BCUT2D eigenvalue weighted by Crippen LogP contribution is 2.24. The van der Waals surface area contributed by atoms with E-state index in [2.05, 4.69) is 15.9 Å². The van der Waals surface area contributed by atoms with E-state index in [1.807, 2.05) is 13.8 Å². The first-order valence-electron chi connectivity index (χ1n) is 6.46. The molecule has 0 heterocycles. The molecule has 0 saturated heterocycles. The Labute approximate surface area is 127 Å². The summed E-state index contributed by atoms with van der Waals surface area (Å²) < 4.78 is 40.2. The summed E-state index contributed by atoms with van der Waals surface area (Å²) in [5, 5.41) is 9.10. The third-order valence-corrected chi connectivity index (χ3v) is 5.76. The minimum absolute atomic E-state index is 0.00631. The quantitative estimate of drug-likeness (QED) is 0.805. The van der Waals surface area contributed by atoms with Gasteiger partial charge in [0.2, 0.25) is 10.0 Å². The average Bonchev–Trinajstić information content (AvgIpc) is 2.42. The number of sulfonamides is 1. The van der Waals surface area contributed by atoms with E-state index in [1.165, 1.54) is 16.4 Å². The Morgan fingerprint density at radius 1 is 1.35 bits per heavy atom. The van der Waals surface area contributed by atoms with Crippen LogP contribution in [0.4, 0.5) is 4.39 Å². The molecular weight excluding hydrogens is 349 g/mol. The first kappa shape index (κ1) is 17.6. The second-order valence-electron chi connectivity index (χ2n) is 4.39. The zero-order chi connectivity index (χ0) is 15.3. The van der Waals surface area contributed by atoms with Gasteiger partial charge in [-0.05, 0) is 47.0 Å². The third kappa shape index (κ3) is 3.78. The molecule has 1 N–H and O–H groups in total. The van der Waals surface area contributed by atoms with Crippen molar-refractivity contribution in [2.75, 3.05) is 13.2 Å². The summed E-state index contributed by atoms with van der Waals surface area (Å²) in [5.74, 6) is -0.625. The van der Waals surface area contributed by atoms with E-state index in [-0.39, 0.29) is 28.6 Å². The smallest absolute Gasteiger partial charge is 0.243 e. The normalized spacial score (nSPS) is 12.3. The highest BCUT2D eigenvalue weighted by molar-refractivity contribution is 9.10. The molecule has 1 aromatic carbocycles.